The van der Waals surface area contributed by atoms with Crippen LogP contribution in [0.15, 0.2) is 54.6 Å². The van der Waals surface area contributed by atoms with E-state index in [1.165, 1.54) is 0 Å². The van der Waals surface area contributed by atoms with Gasteiger partial charge in [-0.3, -0.25) is 15.1 Å². The first-order valence-electron chi connectivity index (χ1n) is 12.9. The summed E-state index contributed by atoms with van der Waals surface area (Å²) >= 11 is 0. The fourth-order valence-electron chi connectivity index (χ4n) is 4.27. The van der Waals surface area contributed by atoms with Crippen molar-refractivity contribution in [3.8, 4) is 0 Å². The van der Waals surface area contributed by atoms with Gasteiger partial charge >= 0.3 is 6.09 Å². The average Bonchev–Trinajstić information content (AvgIpc) is 3.31. The summed E-state index contributed by atoms with van der Waals surface area (Å²) in [5.41, 5.74) is 4.39. The zero-order valence-corrected chi connectivity index (χ0v) is 24.0. The van der Waals surface area contributed by atoms with Crippen LogP contribution in [0.4, 0.5) is 4.79 Å². The lowest BCUT2D eigenvalue weighted by Gasteiger charge is -2.38. The van der Waals surface area contributed by atoms with Crippen LogP contribution in [0, 0.1) is 0 Å². The number of nitrogens with zero attached hydrogens (tertiary/aromatic N) is 2. The number of nitrogens with two attached hydrogens (primary N) is 1. The topological polar surface area (TPSA) is 97.1 Å². The van der Waals surface area contributed by atoms with Gasteiger partial charge in [0.1, 0.15) is 6.61 Å². The highest BCUT2D eigenvalue weighted by Gasteiger charge is 2.41. The molecule has 0 spiro atoms. The smallest absolute Gasteiger partial charge is 0.410 e. The van der Waals surface area contributed by atoms with E-state index in [0.717, 1.165) is 30.6 Å². The van der Waals surface area contributed by atoms with E-state index >= 15 is 0 Å². The van der Waals surface area contributed by atoms with Crippen molar-refractivity contribution in [2.75, 3.05) is 26.7 Å². The molecule has 3 rings (SSSR count). The van der Waals surface area contributed by atoms with Crippen LogP contribution < -0.4 is 11.3 Å². The lowest BCUT2D eigenvalue weighted by atomic mass is 10.0. The number of amides is 2. The first kappa shape index (κ1) is 28.8. The van der Waals surface area contributed by atoms with Gasteiger partial charge in [-0.2, -0.15) is 0 Å². The summed E-state index contributed by atoms with van der Waals surface area (Å²) in [7, 11) is -0.134. The Hall–Kier alpha value is -2.72. The number of nitrogens with one attached hydrogen (secondary N) is 1. The Balaban J connectivity index is 1.76. The highest BCUT2D eigenvalue weighted by Crippen LogP contribution is 2.38. The molecule has 37 heavy (non-hydrogen) atoms. The Morgan fingerprint density at radius 1 is 1.16 bits per heavy atom. The molecule has 0 aliphatic carbocycles. The molecule has 2 amide bonds. The van der Waals surface area contributed by atoms with Gasteiger partial charge in [-0.05, 0) is 47.8 Å². The van der Waals surface area contributed by atoms with Crippen molar-refractivity contribution in [3.63, 3.8) is 0 Å². The number of likely N-dealkylation sites (N-methyl/N-ethyl adjacent to an activating group) is 1. The summed E-state index contributed by atoms with van der Waals surface area (Å²) in [5, 5.41) is 0.149. The van der Waals surface area contributed by atoms with Crippen molar-refractivity contribution in [1.29, 1.82) is 0 Å². The Bertz CT molecular complexity index is 1060. The van der Waals surface area contributed by atoms with Crippen LogP contribution in [0.1, 0.15) is 54.7 Å². The molecule has 1 heterocycles. The molecule has 8 nitrogen and oxygen atoms in total. The fraction of sp³-hybridized carbons (Fsp3) is 0.500. The Morgan fingerprint density at radius 3 is 2.51 bits per heavy atom. The molecule has 1 aliphatic rings. The Kier molecular flexibility index (Phi) is 9.52. The third-order valence-corrected chi connectivity index (χ3v) is 12.1. The van der Waals surface area contributed by atoms with Crippen molar-refractivity contribution in [2.45, 2.75) is 64.1 Å². The van der Waals surface area contributed by atoms with Gasteiger partial charge in [0.2, 0.25) is 0 Å². The molecule has 3 N–H and O–H groups in total. The van der Waals surface area contributed by atoms with Crippen LogP contribution in [0.25, 0.3) is 0 Å². The van der Waals surface area contributed by atoms with Crippen LogP contribution in [0.3, 0.4) is 0 Å². The maximum Gasteiger partial charge on any atom is 0.410 e. The van der Waals surface area contributed by atoms with E-state index in [1.807, 2.05) is 42.5 Å². The first-order valence-corrected chi connectivity index (χ1v) is 15.8. The second kappa shape index (κ2) is 12.2. The SMILES string of the molecule is CN(C(=O)OCc1ccccc1)[C@H](CN1CC[C@H](O[Si](C)(C)C(C)(C)C)C1)c1cccc(C(=O)NN)c1. The Morgan fingerprint density at radius 2 is 1.86 bits per heavy atom. The molecular formula is C28H42N4O4Si. The Labute approximate surface area is 222 Å². The zero-order chi connectivity index (χ0) is 27.2. The predicted octanol–water partition coefficient (Wildman–Crippen LogP) is 4.70. The van der Waals surface area contributed by atoms with Crippen LogP contribution >= 0.6 is 0 Å². The summed E-state index contributed by atoms with van der Waals surface area (Å²) in [6.07, 6.45) is 0.707. The van der Waals surface area contributed by atoms with E-state index in [4.69, 9.17) is 15.0 Å². The number of hydrogen-bond donors (Lipinski definition) is 2. The average molecular weight is 527 g/mol. The number of likely N-dealkylation sites (tertiary alicyclic amines) is 1. The van der Waals surface area contributed by atoms with Crippen molar-refractivity contribution < 1.29 is 18.8 Å². The molecule has 2 aromatic rings. The fourth-order valence-corrected chi connectivity index (χ4v) is 5.65. The minimum absolute atomic E-state index is 0.149. The molecule has 0 aromatic heterocycles. The molecule has 1 fully saturated rings. The molecule has 0 bridgehead atoms. The first-order chi connectivity index (χ1) is 17.4. The van der Waals surface area contributed by atoms with Crippen molar-refractivity contribution in [2.24, 2.45) is 5.84 Å². The summed E-state index contributed by atoms with van der Waals surface area (Å²) in [6.45, 7) is 13.8. The largest absolute Gasteiger partial charge is 0.445 e. The van der Waals surface area contributed by atoms with Gasteiger partial charge in [-0.1, -0.05) is 63.2 Å². The minimum atomic E-state index is -1.88. The lowest BCUT2D eigenvalue weighted by Crippen LogP contribution is -2.45. The lowest BCUT2D eigenvalue weighted by molar-refractivity contribution is 0.0819. The van der Waals surface area contributed by atoms with Gasteiger partial charge in [0, 0.05) is 32.2 Å². The molecule has 1 aliphatic heterocycles. The predicted molar refractivity (Wildman–Crippen MR) is 148 cm³/mol. The van der Waals surface area contributed by atoms with Gasteiger partial charge in [0.15, 0.2) is 8.32 Å². The highest BCUT2D eigenvalue weighted by molar-refractivity contribution is 6.74. The number of hydrogen-bond acceptors (Lipinski definition) is 6. The summed E-state index contributed by atoms with van der Waals surface area (Å²) < 4.78 is 12.3. The summed E-state index contributed by atoms with van der Waals surface area (Å²) in [5.74, 6) is 4.98. The number of rotatable bonds is 9. The highest BCUT2D eigenvalue weighted by atomic mass is 28.4. The van der Waals surface area contributed by atoms with Crippen LogP contribution in [-0.2, 0) is 15.8 Å². The summed E-state index contributed by atoms with van der Waals surface area (Å²) in [6, 6.07) is 16.5. The zero-order valence-electron chi connectivity index (χ0n) is 23.0. The number of hydrazine groups is 1. The van der Waals surface area contributed by atoms with Gasteiger partial charge in [0.05, 0.1) is 12.1 Å². The maximum absolute atomic E-state index is 13.1. The molecule has 1 saturated heterocycles. The van der Waals surface area contributed by atoms with E-state index in [-0.39, 0.29) is 29.7 Å². The molecule has 0 unspecified atom stereocenters. The number of carbonyl (C=O) groups is 2. The number of carbonyl (C=O) groups excluding carboxylic acids is 2. The van der Waals surface area contributed by atoms with Gasteiger partial charge in [-0.15, -0.1) is 0 Å². The molecule has 202 valence electrons. The van der Waals surface area contributed by atoms with Gasteiger partial charge in [-0.25, -0.2) is 10.6 Å². The van der Waals surface area contributed by atoms with E-state index in [0.29, 0.717) is 12.1 Å². The third-order valence-electron chi connectivity index (χ3n) is 7.55. The molecule has 0 saturated carbocycles. The monoisotopic (exact) mass is 526 g/mol. The summed E-state index contributed by atoms with van der Waals surface area (Å²) in [4.78, 5) is 29.2. The standard InChI is InChI=1S/C28H42N4O4Si/c1-28(2,3)37(5,6)36-24-15-16-32(18-24)19-25(22-13-10-14-23(17-22)26(33)30-29)31(4)27(34)35-20-21-11-8-7-9-12-21/h7-14,17,24-25H,15-16,18-20,29H2,1-6H3,(H,30,33)/t24-,25+/m0/s1. The van der Waals surface area contributed by atoms with E-state index < -0.39 is 14.4 Å². The van der Waals surface area contributed by atoms with Crippen LogP contribution in [0.2, 0.25) is 18.1 Å². The van der Waals surface area contributed by atoms with Gasteiger partial charge < -0.3 is 14.1 Å². The molecule has 0 radical (unpaired) electrons. The molecule has 2 aromatic carbocycles. The van der Waals surface area contributed by atoms with Crippen LogP contribution in [0.5, 0.6) is 0 Å². The minimum Gasteiger partial charge on any atom is -0.445 e. The quantitative estimate of drug-likeness (QED) is 0.213. The van der Waals surface area contributed by atoms with Crippen molar-refractivity contribution >= 4 is 20.3 Å². The number of ether oxygens (including phenoxy) is 1. The number of benzene rings is 2. The normalized spacial score (nSPS) is 17.3. The van der Waals surface area contributed by atoms with Crippen molar-refractivity contribution in [3.05, 3.63) is 71.3 Å². The van der Waals surface area contributed by atoms with Gasteiger partial charge in [0.25, 0.3) is 5.91 Å². The molecular weight excluding hydrogens is 484 g/mol. The van der Waals surface area contributed by atoms with E-state index in [9.17, 15) is 9.59 Å². The number of nitrogen functional groups attached to an aromatic ring is 1. The van der Waals surface area contributed by atoms with Crippen LogP contribution in [-0.4, -0.2) is 62.9 Å². The van der Waals surface area contributed by atoms with E-state index in [1.54, 1.807) is 24.1 Å². The second-order valence-corrected chi connectivity index (χ2v) is 16.1. The second-order valence-electron chi connectivity index (χ2n) is 11.3. The maximum atomic E-state index is 13.1. The molecule has 2 atom stereocenters. The third kappa shape index (κ3) is 7.64. The van der Waals surface area contributed by atoms with Crippen molar-refractivity contribution in [1.82, 2.24) is 15.2 Å². The van der Waals surface area contributed by atoms with E-state index in [2.05, 4.69) is 44.2 Å². The molecule has 9 heteroatoms.